The number of rotatable bonds is 7. The van der Waals surface area contributed by atoms with E-state index in [9.17, 15) is 9.59 Å². The summed E-state index contributed by atoms with van der Waals surface area (Å²) in [4.78, 5) is 26.8. The lowest BCUT2D eigenvalue weighted by molar-refractivity contribution is -0.131. The molecule has 0 bridgehead atoms. The minimum atomic E-state index is -0.974. The second-order valence-electron chi connectivity index (χ2n) is 5.41. The summed E-state index contributed by atoms with van der Waals surface area (Å²) in [5.41, 5.74) is 0.951. The highest BCUT2D eigenvalue weighted by Gasteiger charge is 2.33. The molecule has 2 rings (SSSR count). The van der Waals surface area contributed by atoms with E-state index >= 15 is 0 Å². The lowest BCUT2D eigenvalue weighted by Gasteiger charge is -2.21. The van der Waals surface area contributed by atoms with Gasteiger partial charge in [-0.2, -0.15) is 0 Å². The molecule has 1 amide bonds. The van der Waals surface area contributed by atoms with E-state index in [2.05, 4.69) is 6.92 Å². The Morgan fingerprint density at radius 3 is 2.76 bits per heavy atom. The van der Waals surface area contributed by atoms with Crippen molar-refractivity contribution >= 4 is 29.3 Å². The quantitative estimate of drug-likeness (QED) is 0.784. The van der Waals surface area contributed by atoms with Crippen molar-refractivity contribution in [1.29, 1.82) is 0 Å². The number of aliphatic carboxylic acids is 1. The molecule has 1 N–H and O–H groups in total. The van der Waals surface area contributed by atoms with Crippen LogP contribution < -0.4 is 0 Å². The second kappa shape index (κ2) is 6.89. The molecule has 1 aliphatic rings. The van der Waals surface area contributed by atoms with Crippen LogP contribution in [-0.4, -0.2) is 34.5 Å². The van der Waals surface area contributed by atoms with E-state index in [0.717, 1.165) is 48.7 Å². The monoisotopic (exact) mass is 307 g/mol. The zero-order valence-electron chi connectivity index (χ0n) is 12.5. The number of carbonyl (C=O) groups excluding carboxylic acids is 1. The standard InChI is InChI=1S/C16H21NO3S/c1-3-4-9-17(12-5-6-12)16(20)14-10-11(2)13(21-14)7-8-15(18)19/h7-8,10,12H,3-6,9H2,1-2H3,(H,18,19)/b8-7+. The molecule has 21 heavy (non-hydrogen) atoms. The van der Waals surface area contributed by atoms with Gasteiger partial charge in [0.05, 0.1) is 4.88 Å². The Balaban J connectivity index is 2.14. The van der Waals surface area contributed by atoms with Gasteiger partial charge >= 0.3 is 5.97 Å². The number of thiophene rings is 1. The van der Waals surface area contributed by atoms with Crippen molar-refractivity contribution in [3.05, 3.63) is 27.5 Å². The van der Waals surface area contributed by atoms with Crippen LogP contribution in [-0.2, 0) is 4.79 Å². The smallest absolute Gasteiger partial charge is 0.328 e. The number of carboxylic acids is 1. The summed E-state index contributed by atoms with van der Waals surface area (Å²) >= 11 is 1.38. The van der Waals surface area contributed by atoms with E-state index in [-0.39, 0.29) is 5.91 Å². The molecule has 1 aromatic rings. The summed E-state index contributed by atoms with van der Waals surface area (Å²) < 4.78 is 0. The molecule has 5 heteroatoms. The molecule has 0 aliphatic heterocycles. The van der Waals surface area contributed by atoms with E-state index in [1.54, 1.807) is 6.08 Å². The van der Waals surface area contributed by atoms with Crippen LogP contribution in [0.4, 0.5) is 0 Å². The van der Waals surface area contributed by atoms with Crippen molar-refractivity contribution in [3.8, 4) is 0 Å². The number of carbonyl (C=O) groups is 2. The molecule has 0 saturated heterocycles. The number of amides is 1. The zero-order chi connectivity index (χ0) is 15.4. The molecule has 0 radical (unpaired) electrons. The van der Waals surface area contributed by atoms with Crippen LogP contribution >= 0.6 is 11.3 Å². The molecule has 1 heterocycles. The summed E-state index contributed by atoms with van der Waals surface area (Å²) in [5, 5.41) is 8.69. The van der Waals surface area contributed by atoms with Gasteiger partial charge in [-0.1, -0.05) is 13.3 Å². The SMILES string of the molecule is CCCCN(C(=O)c1cc(C)c(/C=C/C(=O)O)s1)C1CC1. The van der Waals surface area contributed by atoms with Gasteiger partial charge in [0, 0.05) is 23.5 Å². The number of nitrogens with zero attached hydrogens (tertiary/aromatic N) is 1. The Morgan fingerprint density at radius 1 is 1.48 bits per heavy atom. The average Bonchev–Trinajstić information content (AvgIpc) is 3.20. The molecule has 4 nitrogen and oxygen atoms in total. The van der Waals surface area contributed by atoms with Crippen LogP contribution in [0.3, 0.4) is 0 Å². The maximum Gasteiger partial charge on any atom is 0.328 e. The second-order valence-corrected chi connectivity index (χ2v) is 6.50. The van der Waals surface area contributed by atoms with Gasteiger partial charge in [0.25, 0.3) is 5.91 Å². The lowest BCUT2D eigenvalue weighted by Crippen LogP contribution is -2.33. The lowest BCUT2D eigenvalue weighted by atomic mass is 10.2. The van der Waals surface area contributed by atoms with E-state index in [4.69, 9.17) is 5.11 Å². The zero-order valence-corrected chi connectivity index (χ0v) is 13.3. The molecule has 114 valence electrons. The van der Waals surface area contributed by atoms with Gasteiger partial charge in [0.15, 0.2) is 0 Å². The molecule has 0 atom stereocenters. The number of unbranched alkanes of at least 4 members (excludes halogenated alkanes) is 1. The Morgan fingerprint density at radius 2 is 2.19 bits per heavy atom. The van der Waals surface area contributed by atoms with Crippen LogP contribution in [0.2, 0.25) is 0 Å². The normalized spacial score (nSPS) is 14.6. The average molecular weight is 307 g/mol. The summed E-state index contributed by atoms with van der Waals surface area (Å²) in [5.74, 6) is -0.882. The van der Waals surface area contributed by atoms with Gasteiger partial charge in [0.1, 0.15) is 0 Å². The van der Waals surface area contributed by atoms with Crippen molar-refractivity contribution < 1.29 is 14.7 Å². The third kappa shape index (κ3) is 4.17. The number of carboxylic acid groups (broad SMARTS) is 1. The van der Waals surface area contributed by atoms with E-state index in [1.165, 1.54) is 11.3 Å². The fourth-order valence-corrected chi connectivity index (χ4v) is 3.25. The molecule has 1 fully saturated rings. The van der Waals surface area contributed by atoms with Gasteiger partial charge < -0.3 is 10.0 Å². The van der Waals surface area contributed by atoms with Crippen molar-refractivity contribution in [3.63, 3.8) is 0 Å². The van der Waals surface area contributed by atoms with E-state index in [1.807, 2.05) is 17.9 Å². The van der Waals surface area contributed by atoms with Gasteiger partial charge in [-0.25, -0.2) is 4.79 Å². The Kier molecular flexibility index (Phi) is 5.17. The highest BCUT2D eigenvalue weighted by Crippen LogP contribution is 2.31. The first-order valence-corrected chi connectivity index (χ1v) is 8.17. The highest BCUT2D eigenvalue weighted by molar-refractivity contribution is 7.15. The molecule has 0 aromatic carbocycles. The van der Waals surface area contributed by atoms with Crippen LogP contribution in [0, 0.1) is 6.92 Å². The van der Waals surface area contributed by atoms with Crippen LogP contribution in [0.25, 0.3) is 6.08 Å². The Hall–Kier alpha value is -1.62. The predicted octanol–water partition coefficient (Wildman–Crippen LogP) is 3.56. The summed E-state index contributed by atoms with van der Waals surface area (Å²) in [7, 11) is 0. The Bertz CT molecular complexity index is 558. The minimum Gasteiger partial charge on any atom is -0.478 e. The first-order chi connectivity index (χ1) is 10.0. The van der Waals surface area contributed by atoms with Gasteiger partial charge in [-0.15, -0.1) is 11.3 Å². The summed E-state index contributed by atoms with van der Waals surface area (Å²) in [6.45, 7) is 4.85. The van der Waals surface area contributed by atoms with Crippen molar-refractivity contribution in [2.75, 3.05) is 6.54 Å². The van der Waals surface area contributed by atoms with E-state index in [0.29, 0.717) is 10.9 Å². The maximum absolute atomic E-state index is 12.6. The van der Waals surface area contributed by atoms with Crippen LogP contribution in [0.15, 0.2) is 12.1 Å². The predicted molar refractivity (Wildman–Crippen MR) is 84.7 cm³/mol. The highest BCUT2D eigenvalue weighted by atomic mass is 32.1. The fourth-order valence-electron chi connectivity index (χ4n) is 2.22. The largest absolute Gasteiger partial charge is 0.478 e. The Labute approximate surface area is 129 Å². The topological polar surface area (TPSA) is 57.6 Å². The number of hydrogen-bond donors (Lipinski definition) is 1. The van der Waals surface area contributed by atoms with Crippen molar-refractivity contribution in [2.24, 2.45) is 0 Å². The van der Waals surface area contributed by atoms with Crippen LogP contribution in [0.1, 0.15) is 52.7 Å². The number of hydrogen-bond acceptors (Lipinski definition) is 3. The third-order valence-corrected chi connectivity index (χ3v) is 4.74. The molecular weight excluding hydrogens is 286 g/mol. The first kappa shape index (κ1) is 15.8. The molecule has 0 spiro atoms. The summed E-state index contributed by atoms with van der Waals surface area (Å²) in [6.07, 6.45) is 6.98. The van der Waals surface area contributed by atoms with Crippen LogP contribution in [0.5, 0.6) is 0 Å². The van der Waals surface area contributed by atoms with Crippen molar-refractivity contribution in [1.82, 2.24) is 4.90 Å². The summed E-state index contributed by atoms with van der Waals surface area (Å²) in [6, 6.07) is 2.28. The van der Waals surface area contributed by atoms with E-state index < -0.39 is 5.97 Å². The minimum absolute atomic E-state index is 0.0917. The molecule has 1 aromatic heterocycles. The molecule has 1 saturated carbocycles. The van der Waals surface area contributed by atoms with Gasteiger partial charge in [-0.3, -0.25) is 4.79 Å². The van der Waals surface area contributed by atoms with Crippen molar-refractivity contribution in [2.45, 2.75) is 45.6 Å². The van der Waals surface area contributed by atoms with Gasteiger partial charge in [-0.05, 0) is 43.9 Å². The maximum atomic E-state index is 12.6. The van der Waals surface area contributed by atoms with Gasteiger partial charge in [0.2, 0.25) is 0 Å². The first-order valence-electron chi connectivity index (χ1n) is 7.35. The molecular formula is C16H21NO3S. The fraction of sp³-hybridized carbons (Fsp3) is 0.500. The molecule has 0 unspecified atom stereocenters. The third-order valence-electron chi connectivity index (χ3n) is 3.55. The molecule has 1 aliphatic carbocycles. The number of aryl methyl sites for hydroxylation is 1.